The molecule has 0 radical (unpaired) electrons. The maximum atomic E-state index is 12.4. The summed E-state index contributed by atoms with van der Waals surface area (Å²) in [5, 5.41) is 0. The van der Waals surface area contributed by atoms with Gasteiger partial charge in [-0.3, -0.25) is 0 Å². The van der Waals surface area contributed by atoms with Crippen LogP contribution in [-0.4, -0.2) is 12.1 Å². The van der Waals surface area contributed by atoms with E-state index in [0.29, 0.717) is 5.56 Å². The van der Waals surface area contributed by atoms with Crippen LogP contribution >= 0.6 is 0 Å². The molecule has 1 rings (SSSR count). The molecule has 0 fully saturated rings. The van der Waals surface area contributed by atoms with Crippen LogP contribution in [0.25, 0.3) is 0 Å². The van der Waals surface area contributed by atoms with Crippen LogP contribution in [0.1, 0.15) is 94.0 Å². The summed E-state index contributed by atoms with van der Waals surface area (Å²) in [4.78, 5) is 12.4. The highest BCUT2D eigenvalue weighted by Crippen LogP contribution is 2.18. The summed E-state index contributed by atoms with van der Waals surface area (Å²) in [6.45, 7) is 6.39. The van der Waals surface area contributed by atoms with E-state index in [1.807, 2.05) is 31.2 Å². The Balaban J connectivity index is 2.44. The zero-order chi connectivity index (χ0) is 16.9. The summed E-state index contributed by atoms with van der Waals surface area (Å²) < 4.78 is 5.81. The van der Waals surface area contributed by atoms with Crippen LogP contribution < -0.4 is 0 Å². The average molecular weight is 319 g/mol. The molecule has 0 N–H and O–H groups in total. The smallest absolute Gasteiger partial charge is 0.338 e. The van der Waals surface area contributed by atoms with Gasteiger partial charge in [0.25, 0.3) is 0 Å². The van der Waals surface area contributed by atoms with E-state index in [9.17, 15) is 4.79 Å². The zero-order valence-electron chi connectivity index (χ0n) is 15.3. The van der Waals surface area contributed by atoms with Crippen LogP contribution in [0.3, 0.4) is 0 Å². The third-order valence-electron chi connectivity index (χ3n) is 4.40. The molecule has 0 saturated carbocycles. The molecule has 0 spiro atoms. The Bertz CT molecular complexity index is 439. The van der Waals surface area contributed by atoms with Crippen LogP contribution in [0.2, 0.25) is 0 Å². The number of hydrogen-bond acceptors (Lipinski definition) is 2. The van der Waals surface area contributed by atoms with Crippen molar-refractivity contribution in [1.29, 1.82) is 0 Å². The third-order valence-corrected chi connectivity index (χ3v) is 4.40. The van der Waals surface area contributed by atoms with Crippen LogP contribution in [0.15, 0.2) is 24.3 Å². The second-order valence-electron chi connectivity index (χ2n) is 6.54. The maximum Gasteiger partial charge on any atom is 0.338 e. The van der Waals surface area contributed by atoms with E-state index >= 15 is 0 Å². The third kappa shape index (κ3) is 8.20. The Morgan fingerprint density at radius 3 is 2.22 bits per heavy atom. The number of benzene rings is 1. The number of esters is 1. The lowest BCUT2D eigenvalue weighted by atomic mass is 10.0. The number of ether oxygens (including phenoxy) is 1. The molecular weight excluding hydrogens is 284 g/mol. The quantitative estimate of drug-likeness (QED) is 0.326. The van der Waals surface area contributed by atoms with Crippen molar-refractivity contribution in [2.75, 3.05) is 0 Å². The van der Waals surface area contributed by atoms with Crippen LogP contribution in [0.4, 0.5) is 0 Å². The lowest BCUT2D eigenvalue weighted by molar-refractivity contribution is 0.0249. The van der Waals surface area contributed by atoms with Crippen molar-refractivity contribution in [2.24, 2.45) is 0 Å². The Morgan fingerprint density at radius 1 is 0.913 bits per heavy atom. The average Bonchev–Trinajstić information content (AvgIpc) is 2.55. The van der Waals surface area contributed by atoms with Crippen molar-refractivity contribution in [3.63, 3.8) is 0 Å². The van der Waals surface area contributed by atoms with Gasteiger partial charge < -0.3 is 4.74 Å². The molecule has 1 atom stereocenters. The van der Waals surface area contributed by atoms with Crippen molar-refractivity contribution in [2.45, 2.75) is 91.1 Å². The molecule has 130 valence electrons. The second kappa shape index (κ2) is 12.2. The topological polar surface area (TPSA) is 26.3 Å². The summed E-state index contributed by atoms with van der Waals surface area (Å²) in [6, 6.07) is 7.68. The number of hydrogen-bond donors (Lipinski definition) is 0. The molecule has 23 heavy (non-hydrogen) atoms. The van der Waals surface area contributed by atoms with Crippen LogP contribution in [0, 0.1) is 6.92 Å². The second-order valence-corrected chi connectivity index (χ2v) is 6.54. The zero-order valence-corrected chi connectivity index (χ0v) is 15.3. The lowest BCUT2D eigenvalue weighted by Gasteiger charge is -2.18. The number of unbranched alkanes of at least 4 members (excludes halogenated alkanes) is 6. The van der Waals surface area contributed by atoms with Gasteiger partial charge in [-0.1, -0.05) is 77.0 Å². The minimum atomic E-state index is -0.157. The minimum absolute atomic E-state index is 0.0771. The Hall–Kier alpha value is -1.31. The van der Waals surface area contributed by atoms with E-state index in [4.69, 9.17) is 4.74 Å². The van der Waals surface area contributed by atoms with Gasteiger partial charge in [0, 0.05) is 0 Å². The van der Waals surface area contributed by atoms with Gasteiger partial charge in [-0.15, -0.1) is 0 Å². The van der Waals surface area contributed by atoms with Crippen LogP contribution in [0.5, 0.6) is 0 Å². The Labute approximate surface area is 142 Å². The number of carbonyl (C=O) groups excluding carboxylic acids is 1. The van der Waals surface area contributed by atoms with Crippen molar-refractivity contribution in [3.05, 3.63) is 35.4 Å². The molecule has 0 bridgehead atoms. The van der Waals surface area contributed by atoms with Crippen LogP contribution in [-0.2, 0) is 4.74 Å². The van der Waals surface area contributed by atoms with Gasteiger partial charge in [-0.25, -0.2) is 4.79 Å². The first-order chi connectivity index (χ1) is 11.2. The fraction of sp³-hybridized carbons (Fsp3) is 0.667. The van der Waals surface area contributed by atoms with E-state index in [2.05, 4.69) is 13.8 Å². The van der Waals surface area contributed by atoms with Crippen molar-refractivity contribution >= 4 is 5.97 Å². The van der Waals surface area contributed by atoms with E-state index in [1.54, 1.807) is 0 Å². The molecule has 1 unspecified atom stereocenters. The monoisotopic (exact) mass is 318 g/mol. The lowest BCUT2D eigenvalue weighted by Crippen LogP contribution is -2.19. The Morgan fingerprint density at radius 2 is 1.52 bits per heavy atom. The first-order valence-electron chi connectivity index (χ1n) is 9.45. The van der Waals surface area contributed by atoms with Crippen molar-refractivity contribution in [3.8, 4) is 0 Å². The fourth-order valence-corrected chi connectivity index (χ4v) is 2.86. The van der Waals surface area contributed by atoms with Gasteiger partial charge >= 0.3 is 5.97 Å². The minimum Gasteiger partial charge on any atom is -0.459 e. The molecule has 0 heterocycles. The molecule has 2 heteroatoms. The summed E-state index contributed by atoms with van der Waals surface area (Å²) in [5.74, 6) is -0.157. The molecule has 0 aliphatic rings. The molecular formula is C21H34O2. The summed E-state index contributed by atoms with van der Waals surface area (Å²) in [6.07, 6.45) is 12.0. The fourth-order valence-electron chi connectivity index (χ4n) is 2.86. The predicted octanol–water partition coefficient (Wildman–Crippen LogP) is 6.46. The van der Waals surface area contributed by atoms with Crippen molar-refractivity contribution in [1.82, 2.24) is 0 Å². The predicted molar refractivity (Wildman–Crippen MR) is 97.9 cm³/mol. The first-order valence-corrected chi connectivity index (χ1v) is 9.45. The molecule has 1 aromatic carbocycles. The van der Waals surface area contributed by atoms with Gasteiger partial charge in [-0.2, -0.15) is 0 Å². The van der Waals surface area contributed by atoms with Gasteiger partial charge in [-0.05, 0) is 37.8 Å². The van der Waals surface area contributed by atoms with Crippen molar-refractivity contribution < 1.29 is 9.53 Å². The maximum absolute atomic E-state index is 12.4. The highest BCUT2D eigenvalue weighted by Gasteiger charge is 2.16. The molecule has 0 amide bonds. The highest BCUT2D eigenvalue weighted by atomic mass is 16.5. The van der Waals surface area contributed by atoms with E-state index in [-0.39, 0.29) is 12.1 Å². The number of aryl methyl sites for hydroxylation is 1. The van der Waals surface area contributed by atoms with Gasteiger partial charge in [0.15, 0.2) is 0 Å². The highest BCUT2D eigenvalue weighted by molar-refractivity contribution is 5.91. The molecule has 0 saturated heterocycles. The summed E-state index contributed by atoms with van der Waals surface area (Å²) in [5.41, 5.74) is 1.70. The summed E-state index contributed by atoms with van der Waals surface area (Å²) >= 11 is 0. The first kappa shape index (κ1) is 19.7. The van der Waals surface area contributed by atoms with Gasteiger partial charge in [0.05, 0.1) is 5.56 Å². The van der Waals surface area contributed by atoms with Gasteiger partial charge in [0.1, 0.15) is 6.10 Å². The molecule has 1 aromatic rings. The number of carbonyl (C=O) groups is 1. The normalized spacial score (nSPS) is 12.1. The molecule has 0 aromatic heterocycles. The van der Waals surface area contributed by atoms with E-state index in [1.165, 1.54) is 38.5 Å². The molecule has 0 aliphatic heterocycles. The van der Waals surface area contributed by atoms with E-state index < -0.39 is 0 Å². The standard InChI is InChI=1S/C21H34O2/c1-4-6-8-9-10-11-16-19(15-7-5-2)23-21(22)20-17-13-12-14-18(20)3/h12-14,17,19H,4-11,15-16H2,1-3H3. The van der Waals surface area contributed by atoms with Gasteiger partial charge in [0.2, 0.25) is 0 Å². The molecule has 0 aliphatic carbocycles. The van der Waals surface area contributed by atoms with E-state index in [0.717, 1.165) is 31.2 Å². The largest absolute Gasteiger partial charge is 0.459 e. The Kier molecular flexibility index (Phi) is 10.4. The summed E-state index contributed by atoms with van der Waals surface area (Å²) in [7, 11) is 0. The molecule has 2 nitrogen and oxygen atoms in total. The SMILES string of the molecule is CCCCCCCCC(CCCC)OC(=O)c1ccccc1C. The number of rotatable bonds is 12.